The maximum atomic E-state index is 13.7. The van der Waals surface area contributed by atoms with Crippen LogP contribution in [0.3, 0.4) is 0 Å². The Hall–Kier alpha value is -0.890. The Morgan fingerprint density at radius 1 is 1.32 bits per heavy atom. The van der Waals surface area contributed by atoms with E-state index in [9.17, 15) is 4.39 Å². The van der Waals surface area contributed by atoms with Gasteiger partial charge in [0.2, 0.25) is 0 Å². The molecule has 2 heteroatoms. The summed E-state index contributed by atoms with van der Waals surface area (Å²) >= 11 is 0. The molecule has 0 amide bonds. The van der Waals surface area contributed by atoms with E-state index >= 15 is 0 Å². The molecule has 0 aliphatic heterocycles. The predicted octanol–water partition coefficient (Wildman–Crippen LogP) is 4.61. The van der Waals surface area contributed by atoms with Gasteiger partial charge in [0, 0.05) is 6.04 Å². The zero-order valence-electron chi connectivity index (χ0n) is 12.4. The molecule has 1 N–H and O–H groups in total. The van der Waals surface area contributed by atoms with Crippen molar-refractivity contribution in [3.8, 4) is 0 Å². The average Bonchev–Trinajstić information content (AvgIpc) is 2.75. The number of hydrogen-bond donors (Lipinski definition) is 1. The largest absolute Gasteiger partial charge is 0.310 e. The lowest BCUT2D eigenvalue weighted by Crippen LogP contribution is -2.30. The van der Waals surface area contributed by atoms with Crippen LogP contribution in [0.2, 0.25) is 0 Å². The quantitative estimate of drug-likeness (QED) is 0.818. The van der Waals surface area contributed by atoms with E-state index in [-0.39, 0.29) is 5.82 Å². The summed E-state index contributed by atoms with van der Waals surface area (Å²) in [7, 11) is 0. The first-order valence-electron chi connectivity index (χ1n) is 7.62. The minimum atomic E-state index is -0.107. The van der Waals surface area contributed by atoms with Crippen LogP contribution >= 0.6 is 0 Å². The highest BCUT2D eigenvalue weighted by Gasteiger charge is 2.31. The van der Waals surface area contributed by atoms with Crippen molar-refractivity contribution < 1.29 is 4.39 Å². The van der Waals surface area contributed by atoms with Gasteiger partial charge in [-0.3, -0.25) is 0 Å². The lowest BCUT2D eigenvalue weighted by atomic mass is 9.85. The Morgan fingerprint density at radius 3 is 2.68 bits per heavy atom. The van der Waals surface area contributed by atoms with Crippen molar-refractivity contribution in [3.05, 3.63) is 35.1 Å². The van der Waals surface area contributed by atoms with Crippen LogP contribution in [0, 0.1) is 24.6 Å². The minimum Gasteiger partial charge on any atom is -0.310 e. The van der Waals surface area contributed by atoms with E-state index in [2.05, 4.69) is 25.2 Å². The molecule has 2 rings (SSSR count). The van der Waals surface area contributed by atoms with Crippen molar-refractivity contribution in [1.29, 1.82) is 0 Å². The molecule has 0 saturated heterocycles. The van der Waals surface area contributed by atoms with E-state index in [1.54, 1.807) is 12.1 Å². The van der Waals surface area contributed by atoms with Gasteiger partial charge in [0.25, 0.3) is 0 Å². The molecule has 0 aromatic heterocycles. The molecule has 1 aliphatic carbocycles. The van der Waals surface area contributed by atoms with Crippen LogP contribution in [0.4, 0.5) is 4.39 Å². The second-order valence-corrected chi connectivity index (χ2v) is 6.07. The van der Waals surface area contributed by atoms with Crippen LogP contribution in [-0.2, 0) is 0 Å². The number of rotatable bonds is 5. The van der Waals surface area contributed by atoms with E-state index in [1.165, 1.54) is 19.3 Å². The molecule has 0 bridgehead atoms. The molecular weight excluding hydrogens is 237 g/mol. The first-order valence-corrected chi connectivity index (χ1v) is 7.62. The van der Waals surface area contributed by atoms with Crippen molar-refractivity contribution >= 4 is 0 Å². The monoisotopic (exact) mass is 263 g/mol. The molecule has 3 atom stereocenters. The third-order valence-electron chi connectivity index (χ3n) is 4.39. The van der Waals surface area contributed by atoms with E-state index in [0.29, 0.717) is 12.0 Å². The summed E-state index contributed by atoms with van der Waals surface area (Å²) in [6.45, 7) is 7.49. The van der Waals surface area contributed by atoms with Gasteiger partial charge in [0.1, 0.15) is 5.82 Å². The first kappa shape index (κ1) is 14.5. The third kappa shape index (κ3) is 3.56. The zero-order chi connectivity index (χ0) is 13.8. The highest BCUT2D eigenvalue weighted by atomic mass is 19.1. The number of halogens is 1. The molecule has 0 heterocycles. The summed E-state index contributed by atoms with van der Waals surface area (Å²) in [5, 5.41) is 3.65. The van der Waals surface area contributed by atoms with Gasteiger partial charge in [-0.25, -0.2) is 4.39 Å². The molecule has 0 radical (unpaired) electrons. The summed E-state index contributed by atoms with van der Waals surface area (Å²) in [5.74, 6) is 1.27. The normalized spacial score (nSPS) is 24.6. The fourth-order valence-corrected chi connectivity index (χ4v) is 3.43. The molecule has 1 saturated carbocycles. The molecule has 1 aromatic rings. The number of aryl methyl sites for hydroxylation is 1. The maximum Gasteiger partial charge on any atom is 0.123 e. The Kier molecular flexibility index (Phi) is 4.98. The standard InChI is InChI=1S/C17H26FN/c1-4-8-19-17(16-7-5-6-13(16)3)14-9-12(2)10-15(18)11-14/h9-11,13,16-17,19H,4-8H2,1-3H3. The van der Waals surface area contributed by atoms with Crippen LogP contribution in [0.15, 0.2) is 18.2 Å². The van der Waals surface area contributed by atoms with Gasteiger partial charge in [-0.05, 0) is 61.4 Å². The van der Waals surface area contributed by atoms with Crippen LogP contribution in [0.1, 0.15) is 56.7 Å². The van der Waals surface area contributed by atoms with E-state index in [0.717, 1.165) is 30.0 Å². The van der Waals surface area contributed by atoms with Crippen molar-refractivity contribution in [2.75, 3.05) is 6.54 Å². The van der Waals surface area contributed by atoms with Gasteiger partial charge in [0.15, 0.2) is 0 Å². The molecule has 106 valence electrons. The van der Waals surface area contributed by atoms with Gasteiger partial charge in [-0.1, -0.05) is 32.8 Å². The third-order valence-corrected chi connectivity index (χ3v) is 4.39. The maximum absolute atomic E-state index is 13.7. The fourth-order valence-electron chi connectivity index (χ4n) is 3.43. The van der Waals surface area contributed by atoms with Crippen molar-refractivity contribution in [3.63, 3.8) is 0 Å². The Labute approximate surface area is 116 Å². The van der Waals surface area contributed by atoms with E-state index < -0.39 is 0 Å². The van der Waals surface area contributed by atoms with E-state index in [4.69, 9.17) is 0 Å². The summed E-state index contributed by atoms with van der Waals surface area (Å²) in [5.41, 5.74) is 2.15. The molecular formula is C17H26FN. The lowest BCUT2D eigenvalue weighted by Gasteiger charge is -2.29. The first-order chi connectivity index (χ1) is 9.11. The summed E-state index contributed by atoms with van der Waals surface area (Å²) in [4.78, 5) is 0. The Balaban J connectivity index is 2.25. The van der Waals surface area contributed by atoms with Crippen LogP contribution in [0.25, 0.3) is 0 Å². The molecule has 3 unspecified atom stereocenters. The predicted molar refractivity (Wildman–Crippen MR) is 78.7 cm³/mol. The molecule has 1 nitrogen and oxygen atoms in total. The number of nitrogens with one attached hydrogen (secondary N) is 1. The number of hydrogen-bond acceptors (Lipinski definition) is 1. The molecule has 1 aromatic carbocycles. The Morgan fingerprint density at radius 2 is 2.11 bits per heavy atom. The van der Waals surface area contributed by atoms with Gasteiger partial charge < -0.3 is 5.32 Å². The average molecular weight is 263 g/mol. The van der Waals surface area contributed by atoms with Gasteiger partial charge in [-0.2, -0.15) is 0 Å². The van der Waals surface area contributed by atoms with Crippen molar-refractivity contribution in [1.82, 2.24) is 5.32 Å². The molecule has 1 fully saturated rings. The molecule has 0 spiro atoms. The summed E-state index contributed by atoms with van der Waals surface area (Å²) < 4.78 is 13.7. The zero-order valence-corrected chi connectivity index (χ0v) is 12.4. The summed E-state index contributed by atoms with van der Waals surface area (Å²) in [6.07, 6.45) is 5.00. The van der Waals surface area contributed by atoms with Crippen LogP contribution in [-0.4, -0.2) is 6.54 Å². The molecule has 1 aliphatic rings. The van der Waals surface area contributed by atoms with Crippen LogP contribution < -0.4 is 5.32 Å². The smallest absolute Gasteiger partial charge is 0.123 e. The highest BCUT2D eigenvalue weighted by molar-refractivity contribution is 5.27. The van der Waals surface area contributed by atoms with Gasteiger partial charge in [-0.15, -0.1) is 0 Å². The second kappa shape index (κ2) is 6.51. The van der Waals surface area contributed by atoms with Crippen LogP contribution in [0.5, 0.6) is 0 Å². The highest BCUT2D eigenvalue weighted by Crippen LogP contribution is 2.40. The summed E-state index contributed by atoms with van der Waals surface area (Å²) in [6, 6.07) is 5.78. The van der Waals surface area contributed by atoms with Gasteiger partial charge in [0.05, 0.1) is 0 Å². The van der Waals surface area contributed by atoms with Gasteiger partial charge >= 0.3 is 0 Å². The van der Waals surface area contributed by atoms with Crippen molar-refractivity contribution in [2.45, 2.75) is 52.5 Å². The van der Waals surface area contributed by atoms with Crippen molar-refractivity contribution in [2.24, 2.45) is 11.8 Å². The Bertz CT molecular complexity index is 395. The molecule has 19 heavy (non-hydrogen) atoms. The lowest BCUT2D eigenvalue weighted by molar-refractivity contribution is 0.301. The minimum absolute atomic E-state index is 0.107. The van der Waals surface area contributed by atoms with E-state index in [1.807, 2.05) is 6.92 Å². The fraction of sp³-hybridized carbons (Fsp3) is 0.647. The topological polar surface area (TPSA) is 12.0 Å². The SMILES string of the molecule is CCCNC(c1cc(C)cc(F)c1)C1CCCC1C. The second-order valence-electron chi connectivity index (χ2n) is 6.07. The number of benzene rings is 1.